The van der Waals surface area contributed by atoms with Crippen molar-refractivity contribution in [3.05, 3.63) is 29.3 Å². The first-order valence-corrected chi connectivity index (χ1v) is 11.8. The van der Waals surface area contributed by atoms with Gasteiger partial charge >= 0.3 is 0 Å². The van der Waals surface area contributed by atoms with Crippen LogP contribution >= 0.6 is 11.3 Å². The van der Waals surface area contributed by atoms with Crippen molar-refractivity contribution in [2.45, 2.75) is 44.7 Å². The molecular formula is C18H23N3O3S2. The molecular weight excluding hydrogens is 370 g/mol. The van der Waals surface area contributed by atoms with Gasteiger partial charge in [0.2, 0.25) is 0 Å². The third-order valence-corrected chi connectivity index (χ3v) is 8.03. The fourth-order valence-corrected chi connectivity index (χ4v) is 6.45. The van der Waals surface area contributed by atoms with Crippen molar-refractivity contribution < 1.29 is 13.2 Å². The predicted molar refractivity (Wildman–Crippen MR) is 102 cm³/mol. The number of nitrogens with zero attached hydrogens (tertiary/aromatic N) is 3. The minimum absolute atomic E-state index is 0.0354. The Morgan fingerprint density at radius 3 is 2.88 bits per heavy atom. The molecule has 2 fully saturated rings. The minimum Gasteiger partial charge on any atom is -0.334 e. The third kappa shape index (κ3) is 3.20. The summed E-state index contributed by atoms with van der Waals surface area (Å²) >= 11 is 1.58. The Hall–Kier alpha value is -1.67. The number of amides is 1. The van der Waals surface area contributed by atoms with E-state index in [2.05, 4.69) is 12.0 Å². The van der Waals surface area contributed by atoms with Gasteiger partial charge in [0.1, 0.15) is 0 Å². The summed E-state index contributed by atoms with van der Waals surface area (Å²) in [6, 6.07) is 5.87. The van der Waals surface area contributed by atoms with E-state index in [4.69, 9.17) is 0 Å². The van der Waals surface area contributed by atoms with E-state index < -0.39 is 9.84 Å². The van der Waals surface area contributed by atoms with Crippen LogP contribution in [0.5, 0.6) is 0 Å². The van der Waals surface area contributed by atoms with Crippen molar-refractivity contribution in [2.75, 3.05) is 18.1 Å². The summed E-state index contributed by atoms with van der Waals surface area (Å²) in [6.45, 7) is 2.88. The number of hydrogen-bond donors (Lipinski definition) is 0. The first-order valence-electron chi connectivity index (χ1n) is 9.13. The summed E-state index contributed by atoms with van der Waals surface area (Å²) in [5.41, 5.74) is 1.27. The Kier molecular flexibility index (Phi) is 4.64. The number of aromatic nitrogens is 2. The van der Waals surface area contributed by atoms with E-state index in [9.17, 15) is 13.2 Å². The van der Waals surface area contributed by atoms with E-state index in [1.54, 1.807) is 16.0 Å². The molecule has 2 aliphatic rings. The zero-order valence-electron chi connectivity index (χ0n) is 14.8. The number of carbonyl (C=O) groups is 1. The Labute approximate surface area is 157 Å². The molecule has 26 heavy (non-hydrogen) atoms. The van der Waals surface area contributed by atoms with E-state index in [1.807, 2.05) is 28.5 Å². The second-order valence-corrected chi connectivity index (χ2v) is 10.3. The van der Waals surface area contributed by atoms with Crippen LogP contribution in [0.4, 0.5) is 0 Å². The van der Waals surface area contributed by atoms with Crippen molar-refractivity contribution >= 4 is 27.1 Å². The Bertz CT molecular complexity index is 902. The molecule has 2 unspecified atom stereocenters. The maximum absolute atomic E-state index is 13.0. The average molecular weight is 394 g/mol. The summed E-state index contributed by atoms with van der Waals surface area (Å²) in [7, 11) is -3.02. The minimum atomic E-state index is -3.02. The molecule has 0 spiro atoms. The van der Waals surface area contributed by atoms with Crippen LogP contribution in [0.25, 0.3) is 10.6 Å². The molecule has 0 bridgehead atoms. The highest BCUT2D eigenvalue weighted by molar-refractivity contribution is 7.91. The Balaban J connectivity index is 1.71. The normalized spacial score (nSPS) is 25.0. The van der Waals surface area contributed by atoms with Crippen LogP contribution < -0.4 is 0 Å². The molecule has 140 valence electrons. The highest BCUT2D eigenvalue weighted by Gasteiger charge is 2.34. The monoisotopic (exact) mass is 393 g/mol. The number of carbonyl (C=O) groups excluding carboxylic acids is 1. The molecule has 0 aliphatic carbocycles. The van der Waals surface area contributed by atoms with E-state index >= 15 is 0 Å². The van der Waals surface area contributed by atoms with Crippen molar-refractivity contribution in [1.82, 2.24) is 14.7 Å². The lowest BCUT2D eigenvalue weighted by Gasteiger charge is -2.22. The molecule has 4 rings (SSSR count). The van der Waals surface area contributed by atoms with Gasteiger partial charge in [-0.05, 0) is 43.2 Å². The molecule has 2 aromatic heterocycles. The summed E-state index contributed by atoms with van der Waals surface area (Å²) in [5, 5.41) is 6.57. The summed E-state index contributed by atoms with van der Waals surface area (Å²) < 4.78 is 25.6. The maximum atomic E-state index is 13.0. The van der Waals surface area contributed by atoms with Gasteiger partial charge < -0.3 is 4.90 Å². The van der Waals surface area contributed by atoms with Gasteiger partial charge in [-0.15, -0.1) is 11.3 Å². The van der Waals surface area contributed by atoms with Crippen LogP contribution in [0.1, 0.15) is 49.1 Å². The molecule has 2 atom stereocenters. The Morgan fingerprint density at radius 1 is 1.38 bits per heavy atom. The lowest BCUT2D eigenvalue weighted by Crippen LogP contribution is -2.35. The first kappa shape index (κ1) is 17.7. The number of hydrogen-bond acceptors (Lipinski definition) is 5. The fraction of sp³-hybridized carbons (Fsp3) is 0.556. The molecule has 2 saturated heterocycles. The van der Waals surface area contributed by atoms with Gasteiger partial charge in [-0.1, -0.05) is 13.0 Å². The predicted octanol–water partition coefficient (Wildman–Crippen LogP) is 2.99. The van der Waals surface area contributed by atoms with Gasteiger partial charge in [0, 0.05) is 12.6 Å². The molecule has 1 amide bonds. The molecule has 8 heteroatoms. The fourth-order valence-electron chi connectivity index (χ4n) is 4.03. The highest BCUT2D eigenvalue weighted by Crippen LogP contribution is 2.33. The molecule has 4 heterocycles. The zero-order valence-corrected chi connectivity index (χ0v) is 16.4. The average Bonchev–Trinajstić information content (AvgIpc) is 3.38. The van der Waals surface area contributed by atoms with Crippen LogP contribution in [0.15, 0.2) is 23.6 Å². The highest BCUT2D eigenvalue weighted by atomic mass is 32.2. The van der Waals surface area contributed by atoms with E-state index in [0.29, 0.717) is 12.1 Å². The van der Waals surface area contributed by atoms with Crippen LogP contribution in [0.2, 0.25) is 0 Å². The Morgan fingerprint density at radius 2 is 2.23 bits per heavy atom. The number of sulfone groups is 1. The van der Waals surface area contributed by atoms with Gasteiger partial charge in [-0.3, -0.25) is 9.48 Å². The van der Waals surface area contributed by atoms with Crippen LogP contribution in [0, 0.1) is 0 Å². The largest absolute Gasteiger partial charge is 0.334 e. The van der Waals surface area contributed by atoms with Crippen LogP contribution in [-0.2, 0) is 9.84 Å². The molecule has 2 aliphatic heterocycles. The first-order chi connectivity index (χ1) is 12.5. The van der Waals surface area contributed by atoms with E-state index in [0.717, 1.165) is 36.4 Å². The maximum Gasteiger partial charge on any atom is 0.274 e. The van der Waals surface area contributed by atoms with Gasteiger partial charge in [0.25, 0.3) is 5.91 Å². The van der Waals surface area contributed by atoms with Crippen molar-refractivity contribution in [3.63, 3.8) is 0 Å². The van der Waals surface area contributed by atoms with Crippen molar-refractivity contribution in [1.29, 1.82) is 0 Å². The summed E-state index contributed by atoms with van der Waals surface area (Å²) in [4.78, 5) is 16.0. The van der Waals surface area contributed by atoms with Crippen LogP contribution in [0.3, 0.4) is 0 Å². The second-order valence-electron chi connectivity index (χ2n) is 7.10. The van der Waals surface area contributed by atoms with E-state index in [1.165, 1.54) is 0 Å². The van der Waals surface area contributed by atoms with Gasteiger partial charge in [-0.25, -0.2) is 8.42 Å². The SMILES string of the molecule is CCC1CCCN1C(=O)c1cc(-c2cccs2)n(C2CCS(=O)(=O)C2)n1. The molecule has 0 N–H and O–H groups in total. The molecule has 2 aromatic rings. The lowest BCUT2D eigenvalue weighted by atomic mass is 10.1. The number of rotatable bonds is 4. The smallest absolute Gasteiger partial charge is 0.274 e. The van der Waals surface area contributed by atoms with Gasteiger partial charge in [0.05, 0.1) is 28.1 Å². The molecule has 6 nitrogen and oxygen atoms in total. The number of thiophene rings is 1. The summed E-state index contributed by atoms with van der Waals surface area (Å²) in [5.74, 6) is 0.253. The van der Waals surface area contributed by atoms with Gasteiger partial charge in [0.15, 0.2) is 15.5 Å². The third-order valence-electron chi connectivity index (χ3n) is 5.39. The zero-order chi connectivity index (χ0) is 18.3. The number of likely N-dealkylation sites (tertiary alicyclic amines) is 1. The molecule has 0 aromatic carbocycles. The standard InChI is InChI=1S/C18H23N3O3S2/c1-2-13-5-3-8-20(13)18(22)15-11-16(17-6-4-9-25-17)21(19-15)14-7-10-26(23,24)12-14/h4,6,9,11,13-14H,2-3,5,7-8,10,12H2,1H3. The van der Waals surface area contributed by atoms with Crippen molar-refractivity contribution in [2.24, 2.45) is 0 Å². The lowest BCUT2D eigenvalue weighted by molar-refractivity contribution is 0.0726. The quantitative estimate of drug-likeness (QED) is 0.800. The summed E-state index contributed by atoms with van der Waals surface area (Å²) in [6.07, 6.45) is 3.58. The topological polar surface area (TPSA) is 72.3 Å². The van der Waals surface area contributed by atoms with Crippen molar-refractivity contribution in [3.8, 4) is 10.6 Å². The molecule has 0 radical (unpaired) electrons. The van der Waals surface area contributed by atoms with Crippen LogP contribution in [-0.4, -0.2) is 53.1 Å². The van der Waals surface area contributed by atoms with Gasteiger partial charge in [-0.2, -0.15) is 5.10 Å². The second kappa shape index (κ2) is 6.81. The van der Waals surface area contributed by atoms with E-state index in [-0.39, 0.29) is 29.5 Å². The molecule has 0 saturated carbocycles.